The molecule has 0 atom stereocenters. The molecule has 20 aromatic rings. The van der Waals surface area contributed by atoms with Crippen LogP contribution in [0.25, 0.3) is 193 Å². The SMILES string of the molecule is Cc1ccc(-c2ccc3c(c2)c2cc(-c4ccc(C)cc4)ccc2n3-c2ccc3c(c2)c2cc(-n4c5ccc(-c6ccc(C)cc6)cc5c5cc(-c6ccc(C)cc6)ccc54)ccc2n3-c2nc(-c3c4ccccc4cc4ccccc34)nc(-c3c4ccccc4cc4ccccc34)n2)cc1. The summed E-state index contributed by atoms with van der Waals surface area (Å²) in [6.45, 7) is 8.60. The van der Waals surface area contributed by atoms with E-state index in [2.05, 4.69) is 357 Å². The number of aromatic nitrogens is 6. The van der Waals surface area contributed by atoms with E-state index in [1.54, 1.807) is 0 Å². The lowest BCUT2D eigenvalue weighted by atomic mass is 9.95. The minimum absolute atomic E-state index is 0.521. The first-order chi connectivity index (χ1) is 49.7. The van der Waals surface area contributed by atoms with E-state index in [-0.39, 0.29) is 0 Å². The first-order valence-corrected chi connectivity index (χ1v) is 34.8. The standard InChI is InChI=1S/C95H64N6/c1-57-21-29-61(30-22-57)65-37-43-85-79(51-65)80-52-66(62-31-23-58(2)24-32-62)38-44-86(80)99(85)73-41-47-89-83(55-73)84-56-74(100-87-45-39-67(63-33-25-59(3)26-34-63)53-81(87)82-54-68(40-46-88(82)100)64-35-27-60(4)28-36-64)42-48-90(84)101(89)95-97-93(91-75-17-9-5-13-69(75)49-70-14-6-10-18-76(70)91)96-94(98-95)92-77-19-11-7-15-71(77)50-72-16-8-12-20-78(72)92/h5-56H,1-4H3. The summed E-state index contributed by atoms with van der Waals surface area (Å²) in [4.78, 5) is 17.4. The first kappa shape index (κ1) is 58.1. The van der Waals surface area contributed by atoms with Crippen LogP contribution in [0, 0.1) is 27.7 Å². The average Bonchev–Trinajstić information content (AvgIpc) is 1.62. The van der Waals surface area contributed by atoms with E-state index in [4.69, 9.17) is 15.0 Å². The molecule has 0 radical (unpaired) electrons. The number of nitrogens with zero attached hydrogens (tertiary/aromatic N) is 6. The fourth-order valence-electron chi connectivity index (χ4n) is 16.0. The molecule has 16 aromatic carbocycles. The highest BCUT2D eigenvalue weighted by molar-refractivity contribution is 6.18. The van der Waals surface area contributed by atoms with Crippen LogP contribution in [0.1, 0.15) is 22.3 Å². The van der Waals surface area contributed by atoms with E-state index >= 15 is 0 Å². The van der Waals surface area contributed by atoms with Crippen molar-refractivity contribution in [2.45, 2.75) is 27.7 Å². The number of benzene rings is 16. The number of hydrogen-bond donors (Lipinski definition) is 0. The fraction of sp³-hybridized carbons (Fsp3) is 0.0421. The maximum atomic E-state index is 5.82. The van der Waals surface area contributed by atoms with Gasteiger partial charge in [0.05, 0.1) is 33.1 Å². The lowest BCUT2D eigenvalue weighted by Crippen LogP contribution is -2.07. The van der Waals surface area contributed by atoms with Gasteiger partial charge in [0, 0.05) is 54.8 Å². The molecule has 0 N–H and O–H groups in total. The Labute approximate surface area is 583 Å². The van der Waals surface area contributed by atoms with Gasteiger partial charge in [-0.3, -0.25) is 4.57 Å². The van der Waals surface area contributed by atoms with Gasteiger partial charge in [0.15, 0.2) is 11.6 Å². The van der Waals surface area contributed by atoms with Gasteiger partial charge in [-0.05, 0) is 212 Å². The molecule has 0 aliphatic carbocycles. The summed E-state index contributed by atoms with van der Waals surface area (Å²) in [7, 11) is 0. The molecule has 4 heterocycles. The van der Waals surface area contributed by atoms with Gasteiger partial charge in [0.25, 0.3) is 0 Å². The second-order valence-corrected chi connectivity index (χ2v) is 27.5. The topological polar surface area (TPSA) is 53.5 Å². The molecule has 20 rings (SSSR count). The molecule has 0 fully saturated rings. The zero-order valence-corrected chi connectivity index (χ0v) is 56.2. The van der Waals surface area contributed by atoms with Gasteiger partial charge in [-0.25, -0.2) is 4.98 Å². The summed E-state index contributed by atoms with van der Waals surface area (Å²) in [5.41, 5.74) is 24.8. The summed E-state index contributed by atoms with van der Waals surface area (Å²) in [6.07, 6.45) is 0. The van der Waals surface area contributed by atoms with Gasteiger partial charge in [-0.15, -0.1) is 0 Å². The van der Waals surface area contributed by atoms with Crippen LogP contribution in [0.2, 0.25) is 0 Å². The molecule has 6 heteroatoms. The molecule has 101 heavy (non-hydrogen) atoms. The van der Waals surface area contributed by atoms with Gasteiger partial charge in [0.1, 0.15) is 0 Å². The van der Waals surface area contributed by atoms with Crippen LogP contribution in [0.3, 0.4) is 0 Å². The summed E-state index contributed by atoms with van der Waals surface area (Å²) >= 11 is 0. The van der Waals surface area contributed by atoms with Crippen LogP contribution in [0.4, 0.5) is 0 Å². The van der Waals surface area contributed by atoms with Gasteiger partial charge < -0.3 is 9.13 Å². The van der Waals surface area contributed by atoms with Crippen molar-refractivity contribution in [3.05, 3.63) is 338 Å². The highest BCUT2D eigenvalue weighted by atomic mass is 15.2. The van der Waals surface area contributed by atoms with Crippen molar-refractivity contribution in [1.29, 1.82) is 0 Å². The van der Waals surface area contributed by atoms with Crippen LogP contribution < -0.4 is 0 Å². The quantitative estimate of drug-likeness (QED) is 0.135. The van der Waals surface area contributed by atoms with Crippen LogP contribution in [-0.2, 0) is 0 Å². The molecular formula is C95H64N6. The van der Waals surface area contributed by atoms with Crippen LogP contribution in [-0.4, -0.2) is 28.7 Å². The van der Waals surface area contributed by atoms with Crippen molar-refractivity contribution in [2.75, 3.05) is 0 Å². The summed E-state index contributed by atoms with van der Waals surface area (Å²) < 4.78 is 7.24. The van der Waals surface area contributed by atoms with Gasteiger partial charge in [-0.1, -0.05) is 241 Å². The molecule has 0 spiro atoms. The molecule has 0 aliphatic heterocycles. The van der Waals surface area contributed by atoms with Gasteiger partial charge in [0.2, 0.25) is 5.95 Å². The number of aryl methyl sites for hydroxylation is 4. The lowest BCUT2D eigenvalue weighted by Gasteiger charge is -2.16. The monoisotopic (exact) mass is 1290 g/mol. The summed E-state index contributed by atoms with van der Waals surface area (Å²) in [6, 6.07) is 117. The zero-order valence-electron chi connectivity index (χ0n) is 56.2. The zero-order chi connectivity index (χ0) is 67.1. The fourth-order valence-corrected chi connectivity index (χ4v) is 16.0. The van der Waals surface area contributed by atoms with Gasteiger partial charge in [-0.2, -0.15) is 9.97 Å². The molecule has 0 saturated carbocycles. The van der Waals surface area contributed by atoms with Crippen molar-refractivity contribution in [1.82, 2.24) is 28.7 Å². The van der Waals surface area contributed by atoms with Crippen molar-refractivity contribution >= 4 is 109 Å². The molecule has 0 aliphatic rings. The van der Waals surface area contributed by atoms with E-state index < -0.39 is 0 Å². The Balaban J connectivity index is 0.883. The van der Waals surface area contributed by atoms with E-state index in [0.29, 0.717) is 17.6 Å². The second kappa shape index (κ2) is 22.8. The maximum absolute atomic E-state index is 5.82. The number of rotatable bonds is 9. The predicted molar refractivity (Wildman–Crippen MR) is 424 cm³/mol. The summed E-state index contributed by atoms with van der Waals surface area (Å²) in [5, 5.41) is 15.6. The molecule has 0 saturated heterocycles. The third kappa shape index (κ3) is 9.51. The van der Waals surface area contributed by atoms with Crippen molar-refractivity contribution in [3.8, 4) is 84.6 Å². The Morgan fingerprint density at radius 3 is 0.743 bits per heavy atom. The van der Waals surface area contributed by atoms with Crippen LogP contribution in [0.15, 0.2) is 315 Å². The Bertz CT molecular complexity index is 6110. The lowest BCUT2D eigenvalue weighted by molar-refractivity contribution is 0.956. The van der Waals surface area contributed by atoms with Crippen LogP contribution in [0.5, 0.6) is 0 Å². The largest absolute Gasteiger partial charge is 0.309 e. The maximum Gasteiger partial charge on any atom is 0.238 e. The molecule has 0 bridgehead atoms. The van der Waals surface area contributed by atoms with E-state index in [1.807, 2.05) is 0 Å². The average molecular weight is 1290 g/mol. The molecule has 6 nitrogen and oxygen atoms in total. The molecule has 474 valence electrons. The molecular weight excluding hydrogens is 1230 g/mol. The van der Waals surface area contributed by atoms with E-state index in [9.17, 15) is 0 Å². The molecule has 0 amide bonds. The second-order valence-electron chi connectivity index (χ2n) is 27.5. The van der Waals surface area contributed by atoms with Crippen molar-refractivity contribution in [3.63, 3.8) is 0 Å². The van der Waals surface area contributed by atoms with Crippen molar-refractivity contribution < 1.29 is 0 Å². The Kier molecular flexibility index (Phi) is 13.1. The summed E-state index contributed by atoms with van der Waals surface area (Å²) in [5.74, 6) is 1.71. The third-order valence-electron chi connectivity index (χ3n) is 21.1. The van der Waals surface area contributed by atoms with E-state index in [0.717, 1.165) is 109 Å². The minimum Gasteiger partial charge on any atom is -0.309 e. The minimum atomic E-state index is 0.521. The number of fused-ring (bicyclic) bond motifs is 13. The smallest absolute Gasteiger partial charge is 0.238 e. The molecule has 4 aromatic heterocycles. The first-order valence-electron chi connectivity index (χ1n) is 34.8. The third-order valence-corrected chi connectivity index (χ3v) is 21.1. The van der Waals surface area contributed by atoms with Crippen molar-refractivity contribution in [2.24, 2.45) is 0 Å². The molecule has 0 unspecified atom stereocenters. The highest BCUT2D eigenvalue weighted by Gasteiger charge is 2.26. The Morgan fingerprint density at radius 1 is 0.198 bits per heavy atom. The Morgan fingerprint density at radius 2 is 0.446 bits per heavy atom. The number of hydrogen-bond acceptors (Lipinski definition) is 3. The Hall–Kier alpha value is -13.0. The van der Waals surface area contributed by atoms with Gasteiger partial charge >= 0.3 is 0 Å². The predicted octanol–water partition coefficient (Wildman–Crippen LogP) is 25.0. The normalized spacial score (nSPS) is 12.0. The van der Waals surface area contributed by atoms with Crippen LogP contribution >= 0.6 is 0 Å². The highest BCUT2D eigenvalue weighted by Crippen LogP contribution is 2.45. The van der Waals surface area contributed by atoms with E-state index in [1.165, 1.54) is 88.3 Å².